The smallest absolute Gasteiger partial charge is 0.317 e. The molecule has 0 aliphatic carbocycles. The molecular weight excluding hydrogens is 404 g/mol. The summed E-state index contributed by atoms with van der Waals surface area (Å²) in [6.07, 6.45) is 0. The molecule has 1 heterocycles. The molecule has 1 fully saturated rings. The Labute approximate surface area is 174 Å². The maximum Gasteiger partial charge on any atom is 0.317 e. The third-order valence-electron chi connectivity index (χ3n) is 4.84. The molecular formula is C20H22Cl2FN3O2. The first-order valence-corrected chi connectivity index (χ1v) is 9.74. The number of hydrogen-bond acceptors (Lipinski definition) is 3. The van der Waals surface area contributed by atoms with Gasteiger partial charge in [-0.15, -0.1) is 0 Å². The molecule has 1 unspecified atom stereocenters. The Balaban J connectivity index is 1.60. The third-order valence-corrected chi connectivity index (χ3v) is 5.46. The number of carbonyl (C=O) groups excluding carboxylic acids is 1. The van der Waals surface area contributed by atoms with E-state index in [1.54, 1.807) is 18.9 Å². The first kappa shape index (κ1) is 20.6. The number of benzene rings is 2. The van der Waals surface area contributed by atoms with Crippen molar-refractivity contribution < 1.29 is 13.9 Å². The molecule has 2 aromatic rings. The lowest BCUT2D eigenvalue weighted by Crippen LogP contribution is -2.52. The van der Waals surface area contributed by atoms with Crippen LogP contribution in [0, 0.1) is 5.82 Å². The standard InChI is InChI=1S/C20H22Cl2FN3O2/c1-13(14-11-17(23)16(22)12-15(14)21)24-20(27)26-9-7-25(8-10-26)18-5-3-4-6-19(18)28-2/h3-6,11-13H,7-10H2,1-2H3,(H,24,27). The van der Waals surface area contributed by atoms with E-state index in [4.69, 9.17) is 27.9 Å². The van der Waals surface area contributed by atoms with Crippen LogP contribution in [0.2, 0.25) is 10.0 Å². The van der Waals surface area contributed by atoms with E-state index in [0.717, 1.165) is 11.4 Å². The summed E-state index contributed by atoms with van der Waals surface area (Å²) in [5, 5.41) is 3.16. The van der Waals surface area contributed by atoms with Crippen molar-refractivity contribution in [2.24, 2.45) is 0 Å². The summed E-state index contributed by atoms with van der Waals surface area (Å²) in [5.41, 5.74) is 1.51. The van der Waals surface area contributed by atoms with E-state index >= 15 is 0 Å². The maximum absolute atomic E-state index is 13.7. The van der Waals surface area contributed by atoms with E-state index in [0.29, 0.717) is 36.8 Å². The molecule has 1 aliphatic rings. The van der Waals surface area contributed by atoms with Crippen molar-refractivity contribution >= 4 is 34.9 Å². The number of hydrogen-bond donors (Lipinski definition) is 1. The van der Waals surface area contributed by atoms with E-state index in [-0.39, 0.29) is 11.1 Å². The first-order chi connectivity index (χ1) is 13.4. The van der Waals surface area contributed by atoms with Gasteiger partial charge < -0.3 is 19.9 Å². The molecule has 1 saturated heterocycles. The van der Waals surface area contributed by atoms with Gasteiger partial charge >= 0.3 is 6.03 Å². The lowest BCUT2D eigenvalue weighted by atomic mass is 10.1. The number of rotatable bonds is 4. The van der Waals surface area contributed by atoms with Crippen molar-refractivity contribution in [1.82, 2.24) is 10.2 Å². The Morgan fingerprint density at radius 2 is 1.82 bits per heavy atom. The predicted molar refractivity (Wildman–Crippen MR) is 110 cm³/mol. The maximum atomic E-state index is 13.7. The van der Waals surface area contributed by atoms with E-state index in [1.807, 2.05) is 24.3 Å². The van der Waals surface area contributed by atoms with Gasteiger partial charge in [-0.25, -0.2) is 9.18 Å². The Morgan fingerprint density at radius 3 is 2.50 bits per heavy atom. The van der Waals surface area contributed by atoms with Crippen molar-refractivity contribution in [3.8, 4) is 5.75 Å². The van der Waals surface area contributed by atoms with Crippen molar-refractivity contribution in [1.29, 1.82) is 0 Å². The molecule has 0 aromatic heterocycles. The number of carbonyl (C=O) groups is 1. The number of anilines is 1. The summed E-state index contributed by atoms with van der Waals surface area (Å²) in [7, 11) is 1.65. The van der Waals surface area contributed by atoms with Gasteiger partial charge in [0.15, 0.2) is 0 Å². The molecule has 0 bridgehead atoms. The van der Waals surface area contributed by atoms with Gasteiger partial charge in [0, 0.05) is 31.2 Å². The second kappa shape index (κ2) is 8.88. The van der Waals surface area contributed by atoms with E-state index < -0.39 is 11.9 Å². The highest BCUT2D eigenvalue weighted by atomic mass is 35.5. The second-order valence-corrected chi connectivity index (χ2v) is 7.42. The molecule has 5 nitrogen and oxygen atoms in total. The fourth-order valence-electron chi connectivity index (χ4n) is 3.27. The highest BCUT2D eigenvalue weighted by Crippen LogP contribution is 2.30. The van der Waals surface area contributed by atoms with Crippen molar-refractivity contribution in [3.05, 3.63) is 57.8 Å². The lowest BCUT2D eigenvalue weighted by molar-refractivity contribution is 0.191. The van der Waals surface area contributed by atoms with Crippen LogP contribution < -0.4 is 15.0 Å². The van der Waals surface area contributed by atoms with Crippen molar-refractivity contribution in [3.63, 3.8) is 0 Å². The number of methoxy groups -OCH3 is 1. The molecule has 1 aliphatic heterocycles. The molecule has 150 valence electrons. The van der Waals surface area contributed by atoms with Gasteiger partial charge in [0.05, 0.1) is 23.9 Å². The van der Waals surface area contributed by atoms with E-state index in [1.165, 1.54) is 12.1 Å². The minimum Gasteiger partial charge on any atom is -0.495 e. The van der Waals surface area contributed by atoms with Crippen LogP contribution in [0.4, 0.5) is 14.9 Å². The quantitative estimate of drug-likeness (QED) is 0.719. The predicted octanol–water partition coefficient (Wildman–Crippen LogP) is 4.73. The molecule has 0 spiro atoms. The summed E-state index contributed by atoms with van der Waals surface area (Å²) < 4.78 is 19.2. The van der Waals surface area contributed by atoms with Crippen molar-refractivity contribution in [2.75, 3.05) is 38.2 Å². The summed E-state index contributed by atoms with van der Waals surface area (Å²) in [4.78, 5) is 16.6. The van der Waals surface area contributed by atoms with Gasteiger partial charge in [0.1, 0.15) is 11.6 Å². The fraction of sp³-hybridized carbons (Fsp3) is 0.350. The number of urea groups is 1. The minimum atomic E-state index is -0.562. The van der Waals surface area contributed by atoms with Gasteiger partial charge in [0.2, 0.25) is 0 Å². The number of para-hydroxylation sites is 2. The molecule has 1 atom stereocenters. The second-order valence-electron chi connectivity index (χ2n) is 6.60. The highest BCUT2D eigenvalue weighted by Gasteiger charge is 2.24. The molecule has 28 heavy (non-hydrogen) atoms. The third kappa shape index (κ3) is 4.45. The first-order valence-electron chi connectivity index (χ1n) is 8.98. The zero-order valence-electron chi connectivity index (χ0n) is 15.7. The monoisotopic (exact) mass is 425 g/mol. The summed E-state index contributed by atoms with van der Waals surface area (Å²) in [6.45, 7) is 4.28. The number of nitrogens with zero attached hydrogens (tertiary/aromatic N) is 2. The van der Waals surface area contributed by atoms with Crippen LogP contribution >= 0.6 is 23.2 Å². The molecule has 3 rings (SSSR count). The fourth-order valence-corrected chi connectivity index (χ4v) is 3.81. The number of piperazine rings is 1. The summed E-state index contributed by atoms with van der Waals surface area (Å²) in [5.74, 6) is 0.251. The van der Waals surface area contributed by atoms with Crippen LogP contribution in [-0.2, 0) is 0 Å². The Kier molecular flexibility index (Phi) is 6.52. The van der Waals surface area contributed by atoms with Crippen LogP contribution in [0.3, 0.4) is 0 Å². The van der Waals surface area contributed by atoms with E-state index in [9.17, 15) is 9.18 Å². The molecule has 0 saturated carbocycles. The van der Waals surface area contributed by atoms with E-state index in [2.05, 4.69) is 10.2 Å². The summed E-state index contributed by atoms with van der Waals surface area (Å²) >= 11 is 11.9. The SMILES string of the molecule is COc1ccccc1N1CCN(C(=O)NC(C)c2cc(F)c(Cl)cc2Cl)CC1. The van der Waals surface area contributed by atoms with Crippen LogP contribution in [-0.4, -0.2) is 44.2 Å². The Bertz CT molecular complexity index is 857. The van der Waals surface area contributed by atoms with Gasteiger partial charge in [-0.2, -0.15) is 0 Å². The average molecular weight is 426 g/mol. The number of amides is 2. The van der Waals surface area contributed by atoms with Gasteiger partial charge in [-0.3, -0.25) is 0 Å². The lowest BCUT2D eigenvalue weighted by Gasteiger charge is -2.37. The van der Waals surface area contributed by atoms with Gasteiger partial charge in [-0.05, 0) is 36.8 Å². The molecule has 0 radical (unpaired) electrons. The molecule has 8 heteroatoms. The number of ether oxygens (including phenoxy) is 1. The number of halogens is 3. The van der Waals surface area contributed by atoms with Crippen LogP contribution in [0.25, 0.3) is 0 Å². The zero-order chi connectivity index (χ0) is 20.3. The van der Waals surface area contributed by atoms with Gasteiger partial charge in [0.25, 0.3) is 0 Å². The van der Waals surface area contributed by atoms with Gasteiger partial charge in [-0.1, -0.05) is 35.3 Å². The largest absolute Gasteiger partial charge is 0.495 e. The normalized spacial score (nSPS) is 15.3. The molecule has 1 N–H and O–H groups in total. The van der Waals surface area contributed by atoms with Crippen LogP contribution in [0.1, 0.15) is 18.5 Å². The molecule has 2 amide bonds. The topological polar surface area (TPSA) is 44.8 Å². The highest BCUT2D eigenvalue weighted by molar-refractivity contribution is 6.35. The Hall–Kier alpha value is -2.18. The van der Waals surface area contributed by atoms with Crippen molar-refractivity contribution in [2.45, 2.75) is 13.0 Å². The van der Waals surface area contributed by atoms with Crippen LogP contribution in [0.5, 0.6) is 5.75 Å². The molecule has 2 aromatic carbocycles. The Morgan fingerprint density at radius 1 is 1.14 bits per heavy atom. The zero-order valence-corrected chi connectivity index (χ0v) is 17.2. The minimum absolute atomic E-state index is 0.0419. The summed E-state index contributed by atoms with van der Waals surface area (Å²) in [6, 6.07) is 9.78. The number of nitrogens with one attached hydrogen (secondary N) is 1. The van der Waals surface area contributed by atoms with Crippen LogP contribution in [0.15, 0.2) is 36.4 Å². The average Bonchev–Trinajstić information content (AvgIpc) is 2.70.